The fraction of sp³-hybridized carbons (Fsp3) is 0.667. The van der Waals surface area contributed by atoms with Gasteiger partial charge >= 0.3 is 0 Å². The SMILES string of the molecule is Cc1nc(C(C)(C)C)[nH]c(=O)c1C(=O)NC1CCNCC1. The van der Waals surface area contributed by atoms with Crippen LogP contribution in [-0.2, 0) is 5.41 Å². The number of rotatable bonds is 2. The molecule has 0 spiro atoms. The fourth-order valence-corrected chi connectivity index (χ4v) is 2.43. The molecule has 21 heavy (non-hydrogen) atoms. The van der Waals surface area contributed by atoms with Gasteiger partial charge in [-0.25, -0.2) is 4.98 Å². The van der Waals surface area contributed by atoms with Crippen molar-refractivity contribution in [3.05, 3.63) is 27.4 Å². The Bertz CT molecular complexity index is 580. The van der Waals surface area contributed by atoms with E-state index in [1.807, 2.05) is 20.8 Å². The van der Waals surface area contributed by atoms with Crippen LogP contribution in [-0.4, -0.2) is 35.0 Å². The lowest BCUT2D eigenvalue weighted by Gasteiger charge is -2.24. The summed E-state index contributed by atoms with van der Waals surface area (Å²) in [6, 6.07) is 0.125. The number of carbonyl (C=O) groups excluding carboxylic acids is 1. The molecule has 1 aliphatic heterocycles. The second-order valence-electron chi connectivity index (χ2n) is 6.62. The maximum Gasteiger partial charge on any atom is 0.264 e. The van der Waals surface area contributed by atoms with Crippen LogP contribution in [0.5, 0.6) is 0 Å². The van der Waals surface area contributed by atoms with Crippen molar-refractivity contribution in [1.29, 1.82) is 0 Å². The Morgan fingerprint density at radius 2 is 1.90 bits per heavy atom. The van der Waals surface area contributed by atoms with Crippen LogP contribution in [0.25, 0.3) is 0 Å². The van der Waals surface area contributed by atoms with E-state index in [9.17, 15) is 9.59 Å². The fourth-order valence-electron chi connectivity index (χ4n) is 2.43. The molecule has 0 atom stereocenters. The average Bonchev–Trinajstić information content (AvgIpc) is 2.37. The van der Waals surface area contributed by atoms with Crippen molar-refractivity contribution in [2.24, 2.45) is 0 Å². The number of nitrogens with zero attached hydrogens (tertiary/aromatic N) is 1. The van der Waals surface area contributed by atoms with E-state index in [4.69, 9.17) is 0 Å². The van der Waals surface area contributed by atoms with Gasteiger partial charge < -0.3 is 15.6 Å². The van der Waals surface area contributed by atoms with Gasteiger partial charge in [-0.05, 0) is 32.9 Å². The first kappa shape index (κ1) is 15.7. The topological polar surface area (TPSA) is 86.9 Å². The van der Waals surface area contributed by atoms with E-state index in [0.717, 1.165) is 25.9 Å². The Labute approximate surface area is 124 Å². The molecule has 1 aromatic heterocycles. The number of piperidine rings is 1. The Morgan fingerprint density at radius 1 is 1.29 bits per heavy atom. The van der Waals surface area contributed by atoms with Gasteiger partial charge in [0.15, 0.2) is 0 Å². The van der Waals surface area contributed by atoms with E-state index < -0.39 is 0 Å². The van der Waals surface area contributed by atoms with Crippen LogP contribution in [0.1, 0.15) is 55.5 Å². The number of aromatic nitrogens is 2. The van der Waals surface area contributed by atoms with Crippen molar-refractivity contribution in [3.63, 3.8) is 0 Å². The van der Waals surface area contributed by atoms with Crippen molar-refractivity contribution in [3.8, 4) is 0 Å². The third-order valence-corrected chi connectivity index (χ3v) is 3.71. The molecule has 1 fully saturated rings. The lowest BCUT2D eigenvalue weighted by molar-refractivity contribution is 0.0926. The summed E-state index contributed by atoms with van der Waals surface area (Å²) in [5.74, 6) is 0.275. The molecule has 116 valence electrons. The van der Waals surface area contributed by atoms with Gasteiger partial charge in [-0.3, -0.25) is 9.59 Å². The number of H-pyrrole nitrogens is 1. The minimum Gasteiger partial charge on any atom is -0.349 e. The molecule has 0 radical (unpaired) electrons. The summed E-state index contributed by atoms with van der Waals surface area (Å²) in [5, 5.41) is 6.18. The van der Waals surface area contributed by atoms with Gasteiger partial charge in [-0.15, -0.1) is 0 Å². The molecule has 3 N–H and O–H groups in total. The predicted octanol–water partition coefficient (Wildman–Crippen LogP) is 0.858. The molecule has 0 unspecified atom stereocenters. The number of carbonyl (C=O) groups is 1. The highest BCUT2D eigenvalue weighted by atomic mass is 16.2. The van der Waals surface area contributed by atoms with Crippen LogP contribution in [0.4, 0.5) is 0 Å². The average molecular weight is 292 g/mol. The summed E-state index contributed by atoms with van der Waals surface area (Å²) < 4.78 is 0. The van der Waals surface area contributed by atoms with Gasteiger partial charge in [0.1, 0.15) is 11.4 Å². The molecule has 0 bridgehead atoms. The van der Waals surface area contributed by atoms with Gasteiger partial charge in [0.05, 0.1) is 5.69 Å². The molecule has 6 nitrogen and oxygen atoms in total. The third kappa shape index (κ3) is 3.69. The van der Waals surface area contributed by atoms with E-state index in [-0.39, 0.29) is 28.5 Å². The number of hydrogen-bond acceptors (Lipinski definition) is 4. The molecule has 0 saturated carbocycles. The maximum absolute atomic E-state index is 12.3. The van der Waals surface area contributed by atoms with E-state index in [1.165, 1.54) is 0 Å². The minimum atomic E-state index is -0.362. The highest BCUT2D eigenvalue weighted by Crippen LogP contribution is 2.17. The second-order valence-corrected chi connectivity index (χ2v) is 6.62. The summed E-state index contributed by atoms with van der Waals surface area (Å²) in [6.07, 6.45) is 1.77. The molecule has 1 aromatic rings. The van der Waals surface area contributed by atoms with Gasteiger partial charge in [0.25, 0.3) is 11.5 Å². The second kappa shape index (κ2) is 5.97. The van der Waals surface area contributed by atoms with Crippen molar-refractivity contribution in [2.75, 3.05) is 13.1 Å². The van der Waals surface area contributed by atoms with Gasteiger partial charge in [0.2, 0.25) is 0 Å². The van der Waals surface area contributed by atoms with Crippen LogP contribution in [0.2, 0.25) is 0 Å². The lowest BCUT2D eigenvalue weighted by atomic mass is 9.95. The molecule has 2 heterocycles. The molecule has 1 saturated heterocycles. The zero-order valence-corrected chi connectivity index (χ0v) is 13.2. The highest BCUT2D eigenvalue weighted by molar-refractivity contribution is 5.95. The molecule has 0 aliphatic carbocycles. The summed E-state index contributed by atoms with van der Waals surface area (Å²) in [5.41, 5.74) is -0.0102. The monoisotopic (exact) mass is 292 g/mol. The molecule has 0 aromatic carbocycles. The third-order valence-electron chi connectivity index (χ3n) is 3.71. The first-order valence-electron chi connectivity index (χ1n) is 7.42. The summed E-state index contributed by atoms with van der Waals surface area (Å²) in [6.45, 7) is 9.41. The highest BCUT2D eigenvalue weighted by Gasteiger charge is 2.24. The van der Waals surface area contributed by atoms with Crippen LogP contribution in [0, 0.1) is 6.92 Å². The molecule has 6 heteroatoms. The Morgan fingerprint density at radius 3 is 2.43 bits per heavy atom. The molecular formula is C15H24N4O2. The number of hydrogen-bond donors (Lipinski definition) is 3. The Balaban J connectivity index is 2.23. The van der Waals surface area contributed by atoms with Crippen molar-refractivity contribution in [1.82, 2.24) is 20.6 Å². The number of aryl methyl sites for hydroxylation is 1. The smallest absolute Gasteiger partial charge is 0.264 e. The molecule has 1 amide bonds. The number of aromatic amines is 1. The summed E-state index contributed by atoms with van der Waals surface area (Å²) in [4.78, 5) is 31.7. The molecular weight excluding hydrogens is 268 g/mol. The van der Waals surface area contributed by atoms with E-state index >= 15 is 0 Å². The lowest BCUT2D eigenvalue weighted by Crippen LogP contribution is -2.44. The quantitative estimate of drug-likeness (QED) is 0.754. The minimum absolute atomic E-state index is 0.125. The number of amides is 1. The van der Waals surface area contributed by atoms with Crippen LogP contribution < -0.4 is 16.2 Å². The van der Waals surface area contributed by atoms with Crippen molar-refractivity contribution >= 4 is 5.91 Å². The summed E-state index contributed by atoms with van der Waals surface area (Å²) in [7, 11) is 0. The van der Waals surface area contributed by atoms with Crippen LogP contribution in [0.15, 0.2) is 4.79 Å². The van der Waals surface area contributed by atoms with Crippen molar-refractivity contribution in [2.45, 2.75) is 52.0 Å². The van der Waals surface area contributed by atoms with Gasteiger partial charge in [0, 0.05) is 11.5 Å². The zero-order valence-electron chi connectivity index (χ0n) is 13.2. The van der Waals surface area contributed by atoms with E-state index in [1.54, 1.807) is 6.92 Å². The number of nitrogens with one attached hydrogen (secondary N) is 3. The van der Waals surface area contributed by atoms with Gasteiger partial charge in [-0.1, -0.05) is 20.8 Å². The first-order chi connectivity index (χ1) is 9.79. The van der Waals surface area contributed by atoms with Crippen LogP contribution in [0.3, 0.4) is 0 Å². The molecule has 2 rings (SSSR count). The predicted molar refractivity (Wildman–Crippen MR) is 81.7 cm³/mol. The standard InChI is InChI=1S/C15H24N4O2/c1-9-11(12(20)18-10-5-7-16-8-6-10)13(21)19-14(17-9)15(2,3)4/h10,16H,5-8H2,1-4H3,(H,18,20)(H,17,19,21). The zero-order chi connectivity index (χ0) is 15.6. The van der Waals surface area contributed by atoms with Gasteiger partial charge in [-0.2, -0.15) is 0 Å². The van der Waals surface area contributed by atoms with E-state index in [2.05, 4.69) is 20.6 Å². The van der Waals surface area contributed by atoms with Crippen LogP contribution >= 0.6 is 0 Å². The first-order valence-corrected chi connectivity index (χ1v) is 7.42. The summed E-state index contributed by atoms with van der Waals surface area (Å²) >= 11 is 0. The normalized spacial score (nSPS) is 16.8. The molecule has 1 aliphatic rings. The Hall–Kier alpha value is -1.69. The largest absolute Gasteiger partial charge is 0.349 e. The Kier molecular flexibility index (Phi) is 4.46. The van der Waals surface area contributed by atoms with Crippen molar-refractivity contribution < 1.29 is 4.79 Å². The maximum atomic E-state index is 12.3. The van der Waals surface area contributed by atoms with E-state index in [0.29, 0.717) is 11.5 Å².